The number of carbonyl (C=O) groups is 1. The van der Waals surface area contributed by atoms with Crippen LogP contribution in [0, 0.1) is 0 Å². The number of benzene rings is 1. The van der Waals surface area contributed by atoms with Gasteiger partial charge in [0.15, 0.2) is 11.5 Å². The van der Waals surface area contributed by atoms with Gasteiger partial charge in [0, 0.05) is 6.54 Å². The van der Waals surface area contributed by atoms with Crippen LogP contribution in [-0.4, -0.2) is 43.2 Å². The van der Waals surface area contributed by atoms with Crippen LogP contribution < -0.4 is 9.47 Å². The van der Waals surface area contributed by atoms with Crippen molar-refractivity contribution in [1.82, 2.24) is 4.90 Å². The van der Waals surface area contributed by atoms with Crippen molar-refractivity contribution in [2.24, 2.45) is 0 Å². The summed E-state index contributed by atoms with van der Waals surface area (Å²) in [7, 11) is 1.64. The molecule has 0 N–H and O–H groups in total. The first kappa shape index (κ1) is 16.4. The number of amides is 1. The van der Waals surface area contributed by atoms with Gasteiger partial charge in [-0.15, -0.1) is 0 Å². The molecule has 1 heterocycles. The van der Waals surface area contributed by atoms with Gasteiger partial charge in [0.2, 0.25) is 0 Å². The Morgan fingerprint density at radius 2 is 2.09 bits per heavy atom. The summed E-state index contributed by atoms with van der Waals surface area (Å²) < 4.78 is 17.3. The molecule has 2 aliphatic rings. The van der Waals surface area contributed by atoms with E-state index in [1.807, 2.05) is 18.2 Å². The molecule has 1 saturated heterocycles. The van der Waals surface area contributed by atoms with E-state index in [0.29, 0.717) is 19.7 Å². The Balaban J connectivity index is 1.77. The van der Waals surface area contributed by atoms with Gasteiger partial charge in [0.25, 0.3) is 0 Å². The van der Waals surface area contributed by atoms with Gasteiger partial charge in [-0.2, -0.15) is 0 Å². The number of halogens is 1. The minimum Gasteiger partial charge on any atom is -0.493 e. The molecule has 126 valence electrons. The van der Waals surface area contributed by atoms with Crippen molar-refractivity contribution in [3.63, 3.8) is 0 Å². The first-order valence-corrected chi connectivity index (χ1v) is 8.46. The maximum Gasteiger partial charge on any atom is 0.316 e. The fraction of sp³-hybridized carbons (Fsp3) is 0.588. The third-order valence-electron chi connectivity index (χ3n) is 4.47. The molecule has 1 amide bonds. The third kappa shape index (κ3) is 3.90. The van der Waals surface area contributed by atoms with Crippen LogP contribution in [0.1, 0.15) is 37.4 Å². The zero-order chi connectivity index (χ0) is 16.2. The summed E-state index contributed by atoms with van der Waals surface area (Å²) in [6.45, 7) is 1.46. The lowest BCUT2D eigenvalue weighted by Crippen LogP contribution is -2.39. The lowest BCUT2D eigenvalue weighted by molar-refractivity contribution is -0.0121. The van der Waals surface area contributed by atoms with E-state index in [0.717, 1.165) is 29.9 Å². The Labute approximate surface area is 141 Å². The van der Waals surface area contributed by atoms with E-state index < -0.39 is 5.37 Å². The van der Waals surface area contributed by atoms with Crippen molar-refractivity contribution in [2.75, 3.05) is 26.8 Å². The predicted octanol–water partition coefficient (Wildman–Crippen LogP) is 3.75. The molecule has 0 aromatic heterocycles. The van der Waals surface area contributed by atoms with E-state index in [2.05, 4.69) is 0 Å². The van der Waals surface area contributed by atoms with Gasteiger partial charge in [-0.1, -0.05) is 6.07 Å². The number of ether oxygens (including phenoxy) is 3. The first-order chi connectivity index (χ1) is 11.2. The quantitative estimate of drug-likeness (QED) is 0.619. The third-order valence-corrected chi connectivity index (χ3v) is 4.71. The fourth-order valence-electron chi connectivity index (χ4n) is 3.18. The topological polar surface area (TPSA) is 48.0 Å². The molecule has 1 aliphatic carbocycles. The van der Waals surface area contributed by atoms with Crippen LogP contribution in [0.15, 0.2) is 18.2 Å². The largest absolute Gasteiger partial charge is 0.493 e. The van der Waals surface area contributed by atoms with Crippen molar-refractivity contribution < 1.29 is 19.0 Å². The molecule has 1 atom stereocenters. The Bertz CT molecular complexity index is 560. The molecular formula is C17H22ClNO4. The summed E-state index contributed by atoms with van der Waals surface area (Å²) in [5.41, 5.74) is 0.974. The normalized spacial score (nSPS) is 22.2. The molecule has 0 spiro atoms. The maximum atomic E-state index is 11.4. The molecule has 3 rings (SSSR count). The lowest BCUT2D eigenvalue weighted by Gasteiger charge is -2.32. The summed E-state index contributed by atoms with van der Waals surface area (Å²) in [6, 6.07) is 5.81. The van der Waals surface area contributed by atoms with Gasteiger partial charge in [0.05, 0.1) is 26.4 Å². The lowest BCUT2D eigenvalue weighted by atomic mass is 10.1. The predicted molar refractivity (Wildman–Crippen MR) is 87.4 cm³/mol. The molecule has 5 nitrogen and oxygen atoms in total. The molecule has 6 heteroatoms. The summed E-state index contributed by atoms with van der Waals surface area (Å²) in [4.78, 5) is 13.0. The van der Waals surface area contributed by atoms with E-state index >= 15 is 0 Å². The van der Waals surface area contributed by atoms with E-state index in [4.69, 9.17) is 25.8 Å². The van der Waals surface area contributed by atoms with Gasteiger partial charge in [-0.05, 0) is 55.0 Å². The van der Waals surface area contributed by atoms with Crippen LogP contribution in [0.2, 0.25) is 0 Å². The number of hydrogen-bond donors (Lipinski definition) is 0. The molecule has 1 aromatic rings. The fourth-order valence-corrected chi connectivity index (χ4v) is 3.34. The van der Waals surface area contributed by atoms with Crippen molar-refractivity contribution in [3.8, 4) is 11.5 Å². The van der Waals surface area contributed by atoms with Crippen LogP contribution in [0.4, 0.5) is 4.79 Å². The monoisotopic (exact) mass is 339 g/mol. The van der Waals surface area contributed by atoms with Crippen LogP contribution >= 0.6 is 11.6 Å². The van der Waals surface area contributed by atoms with Gasteiger partial charge in [0.1, 0.15) is 6.10 Å². The van der Waals surface area contributed by atoms with Crippen molar-refractivity contribution in [1.29, 1.82) is 0 Å². The van der Waals surface area contributed by atoms with E-state index in [9.17, 15) is 4.79 Å². The van der Waals surface area contributed by atoms with Crippen LogP contribution in [-0.2, 0) is 4.74 Å². The van der Waals surface area contributed by atoms with Gasteiger partial charge in [-0.25, -0.2) is 0 Å². The molecule has 0 bridgehead atoms. The van der Waals surface area contributed by atoms with Gasteiger partial charge >= 0.3 is 5.37 Å². The standard InChI is InChI=1S/C17H22ClNO4/c1-21-14-7-6-12(10-15(14)23-13-4-2-3-5-13)16-11-19(17(18)20)8-9-22-16/h6-7,10,13,16H,2-5,8-9,11H2,1H3. The molecule has 1 unspecified atom stereocenters. The SMILES string of the molecule is COc1ccc(C2CN(C(=O)Cl)CCO2)cc1OC1CCCC1. The van der Waals surface area contributed by atoms with E-state index in [1.54, 1.807) is 12.0 Å². The first-order valence-electron chi connectivity index (χ1n) is 8.08. The summed E-state index contributed by atoms with van der Waals surface area (Å²) in [5.74, 6) is 1.47. The Kier molecular flexibility index (Phi) is 5.28. The van der Waals surface area contributed by atoms with Gasteiger partial charge < -0.3 is 19.1 Å². The molecule has 1 aromatic carbocycles. The average Bonchev–Trinajstić information content (AvgIpc) is 3.08. The highest BCUT2D eigenvalue weighted by Crippen LogP contribution is 2.35. The second kappa shape index (κ2) is 7.41. The number of rotatable bonds is 4. The number of hydrogen-bond acceptors (Lipinski definition) is 4. The van der Waals surface area contributed by atoms with Crippen LogP contribution in [0.25, 0.3) is 0 Å². The van der Waals surface area contributed by atoms with E-state index in [1.165, 1.54) is 12.8 Å². The second-order valence-corrected chi connectivity index (χ2v) is 6.32. The number of nitrogens with zero attached hydrogens (tertiary/aromatic N) is 1. The molecule has 0 radical (unpaired) electrons. The number of carbonyl (C=O) groups excluding carboxylic acids is 1. The van der Waals surface area contributed by atoms with Crippen molar-refractivity contribution in [3.05, 3.63) is 23.8 Å². The second-order valence-electron chi connectivity index (χ2n) is 5.99. The molecule has 1 saturated carbocycles. The molecular weight excluding hydrogens is 318 g/mol. The summed E-state index contributed by atoms with van der Waals surface area (Å²) >= 11 is 5.59. The van der Waals surface area contributed by atoms with E-state index in [-0.39, 0.29) is 12.2 Å². The Hall–Kier alpha value is -1.46. The van der Waals surface area contributed by atoms with Gasteiger partial charge in [-0.3, -0.25) is 4.79 Å². The highest BCUT2D eigenvalue weighted by atomic mass is 35.5. The highest BCUT2D eigenvalue weighted by Gasteiger charge is 2.26. The number of morpholine rings is 1. The Morgan fingerprint density at radius 1 is 1.30 bits per heavy atom. The Morgan fingerprint density at radius 3 is 2.78 bits per heavy atom. The minimum absolute atomic E-state index is 0.191. The van der Waals surface area contributed by atoms with Crippen LogP contribution in [0.5, 0.6) is 11.5 Å². The zero-order valence-electron chi connectivity index (χ0n) is 13.3. The zero-order valence-corrected chi connectivity index (χ0v) is 14.1. The molecule has 2 fully saturated rings. The summed E-state index contributed by atoms with van der Waals surface area (Å²) in [6.07, 6.45) is 4.66. The molecule has 23 heavy (non-hydrogen) atoms. The van der Waals surface area contributed by atoms with Crippen molar-refractivity contribution in [2.45, 2.75) is 37.9 Å². The highest BCUT2D eigenvalue weighted by molar-refractivity contribution is 6.62. The van der Waals surface area contributed by atoms with Crippen LogP contribution in [0.3, 0.4) is 0 Å². The number of methoxy groups -OCH3 is 1. The smallest absolute Gasteiger partial charge is 0.316 e. The molecule has 1 aliphatic heterocycles. The average molecular weight is 340 g/mol. The maximum absolute atomic E-state index is 11.4. The summed E-state index contributed by atoms with van der Waals surface area (Å²) in [5, 5.41) is -0.436. The van der Waals surface area contributed by atoms with Crippen molar-refractivity contribution >= 4 is 17.0 Å². The minimum atomic E-state index is -0.436.